The molecule has 176 valence electrons. The van der Waals surface area contributed by atoms with Crippen LogP contribution in [0.2, 0.25) is 0 Å². The number of ether oxygens (including phenoxy) is 2. The van der Waals surface area contributed by atoms with Crippen molar-refractivity contribution < 1.29 is 19.1 Å². The fourth-order valence-electron chi connectivity index (χ4n) is 5.61. The minimum atomic E-state index is -0.381. The molecule has 5 rings (SSSR count). The summed E-state index contributed by atoms with van der Waals surface area (Å²) in [6.07, 6.45) is 4.37. The molecule has 0 saturated carbocycles. The summed E-state index contributed by atoms with van der Waals surface area (Å²) >= 11 is 3.61. The van der Waals surface area contributed by atoms with Crippen LogP contribution in [0.3, 0.4) is 0 Å². The van der Waals surface area contributed by atoms with Gasteiger partial charge in [-0.15, -0.1) is 0 Å². The van der Waals surface area contributed by atoms with Crippen molar-refractivity contribution in [3.05, 3.63) is 80.6 Å². The highest BCUT2D eigenvalue weighted by Crippen LogP contribution is 2.51. The van der Waals surface area contributed by atoms with E-state index in [-0.39, 0.29) is 17.5 Å². The lowest BCUT2D eigenvalue weighted by Gasteiger charge is -2.44. The molecule has 1 heterocycles. The molecule has 0 N–H and O–H groups in total. The van der Waals surface area contributed by atoms with E-state index >= 15 is 0 Å². The topological polar surface area (TPSA) is 55.8 Å². The molecule has 6 heteroatoms. The standard InChI is InChI=1S/C28H28BrNO4/c1-33-24-15-18(14-19(29)28(24)34-2)25-26-20(10-6-12-22(26)31)30(16-17-8-4-3-5-9-17)21-11-7-13-23(32)27(21)25/h3-5,8-9,14-15,25H,6-7,10-13,16H2,1-2H3. The Kier molecular flexibility index (Phi) is 6.34. The summed E-state index contributed by atoms with van der Waals surface area (Å²) in [5, 5.41) is 0. The predicted octanol–water partition coefficient (Wildman–Crippen LogP) is 6.08. The lowest BCUT2D eigenvalue weighted by atomic mass is 9.71. The number of ketones is 2. The minimum absolute atomic E-state index is 0.139. The highest BCUT2D eigenvalue weighted by Gasteiger charge is 2.43. The number of nitrogens with zero attached hydrogens (tertiary/aromatic N) is 1. The van der Waals surface area contributed by atoms with Crippen molar-refractivity contribution in [2.24, 2.45) is 0 Å². The van der Waals surface area contributed by atoms with Crippen LogP contribution in [0.15, 0.2) is 69.5 Å². The zero-order chi connectivity index (χ0) is 23.8. The van der Waals surface area contributed by atoms with E-state index < -0.39 is 0 Å². The molecule has 2 aromatic rings. The number of benzene rings is 2. The molecule has 0 amide bonds. The summed E-state index contributed by atoms with van der Waals surface area (Å²) in [6.45, 7) is 0.668. The van der Waals surface area contributed by atoms with Crippen LogP contribution in [-0.2, 0) is 16.1 Å². The Labute approximate surface area is 208 Å². The predicted molar refractivity (Wildman–Crippen MR) is 134 cm³/mol. The quantitative estimate of drug-likeness (QED) is 0.477. The zero-order valence-electron chi connectivity index (χ0n) is 19.5. The number of carbonyl (C=O) groups is 2. The van der Waals surface area contributed by atoms with E-state index in [4.69, 9.17) is 9.47 Å². The summed E-state index contributed by atoms with van der Waals surface area (Å²) in [4.78, 5) is 29.2. The molecule has 0 saturated heterocycles. The van der Waals surface area contributed by atoms with Crippen molar-refractivity contribution in [2.75, 3.05) is 14.2 Å². The maximum Gasteiger partial charge on any atom is 0.174 e. The van der Waals surface area contributed by atoms with Crippen LogP contribution in [0.4, 0.5) is 0 Å². The van der Waals surface area contributed by atoms with Gasteiger partial charge in [-0.1, -0.05) is 30.3 Å². The zero-order valence-corrected chi connectivity index (χ0v) is 21.1. The lowest BCUT2D eigenvalue weighted by molar-refractivity contribution is -0.117. The Hall–Kier alpha value is -2.86. The first-order chi connectivity index (χ1) is 16.5. The molecule has 0 bridgehead atoms. The normalized spacial score (nSPS) is 18.7. The van der Waals surface area contributed by atoms with Gasteiger partial charge in [-0.2, -0.15) is 0 Å². The monoisotopic (exact) mass is 521 g/mol. The van der Waals surface area contributed by atoms with Crippen LogP contribution >= 0.6 is 15.9 Å². The molecule has 34 heavy (non-hydrogen) atoms. The second kappa shape index (κ2) is 9.41. The molecular formula is C28H28BrNO4. The van der Waals surface area contributed by atoms with Gasteiger partial charge in [0.1, 0.15) is 0 Å². The molecule has 0 aromatic heterocycles. The highest BCUT2D eigenvalue weighted by molar-refractivity contribution is 9.10. The third-order valence-electron chi connectivity index (χ3n) is 7.06. The van der Waals surface area contributed by atoms with Crippen LogP contribution in [-0.4, -0.2) is 30.7 Å². The van der Waals surface area contributed by atoms with Gasteiger partial charge in [0.2, 0.25) is 0 Å². The van der Waals surface area contributed by atoms with E-state index in [1.807, 2.05) is 30.3 Å². The SMILES string of the molecule is COc1cc(C2C3=C(CCCC3=O)N(Cc3ccccc3)C3=C2C(=O)CCC3)cc(Br)c1OC. The largest absolute Gasteiger partial charge is 0.493 e. The van der Waals surface area contributed by atoms with Crippen molar-refractivity contribution in [1.82, 2.24) is 4.90 Å². The van der Waals surface area contributed by atoms with E-state index in [0.717, 1.165) is 58.3 Å². The van der Waals surface area contributed by atoms with Crippen molar-refractivity contribution in [3.63, 3.8) is 0 Å². The fourth-order valence-corrected chi connectivity index (χ4v) is 6.23. The van der Waals surface area contributed by atoms with Gasteiger partial charge < -0.3 is 14.4 Å². The summed E-state index contributed by atoms with van der Waals surface area (Å²) in [5.41, 5.74) is 5.75. The molecule has 0 atom stereocenters. The Morgan fingerprint density at radius 1 is 0.882 bits per heavy atom. The molecular weight excluding hydrogens is 494 g/mol. The highest BCUT2D eigenvalue weighted by atomic mass is 79.9. The van der Waals surface area contributed by atoms with E-state index in [9.17, 15) is 9.59 Å². The summed E-state index contributed by atoms with van der Waals surface area (Å²) in [5.74, 6) is 1.07. The van der Waals surface area contributed by atoms with E-state index in [0.29, 0.717) is 30.9 Å². The van der Waals surface area contributed by atoms with E-state index in [2.05, 4.69) is 33.0 Å². The smallest absolute Gasteiger partial charge is 0.174 e. The van der Waals surface area contributed by atoms with Crippen molar-refractivity contribution in [3.8, 4) is 11.5 Å². The van der Waals surface area contributed by atoms with Gasteiger partial charge in [0.05, 0.1) is 18.7 Å². The number of rotatable bonds is 5. The molecule has 2 aliphatic carbocycles. The number of halogens is 1. The Morgan fingerprint density at radius 3 is 2.06 bits per heavy atom. The maximum absolute atomic E-state index is 13.5. The number of hydrogen-bond acceptors (Lipinski definition) is 5. The Bertz CT molecular complexity index is 1170. The van der Waals surface area contributed by atoms with E-state index in [1.54, 1.807) is 14.2 Å². The first kappa shape index (κ1) is 22.9. The van der Waals surface area contributed by atoms with Gasteiger partial charge in [0.15, 0.2) is 23.1 Å². The van der Waals surface area contributed by atoms with Gasteiger partial charge in [0.25, 0.3) is 0 Å². The summed E-state index contributed by atoms with van der Waals surface area (Å²) < 4.78 is 11.9. The van der Waals surface area contributed by atoms with Gasteiger partial charge in [-0.25, -0.2) is 0 Å². The second-order valence-electron chi connectivity index (χ2n) is 9.02. The number of carbonyl (C=O) groups excluding carboxylic acids is 2. The van der Waals surface area contributed by atoms with Crippen molar-refractivity contribution in [2.45, 2.75) is 51.0 Å². The number of Topliss-reactive ketones (excluding diaryl/α,β-unsaturated/α-hetero) is 2. The van der Waals surface area contributed by atoms with Gasteiger partial charge >= 0.3 is 0 Å². The molecule has 0 unspecified atom stereocenters. The van der Waals surface area contributed by atoms with E-state index in [1.165, 1.54) is 5.56 Å². The Balaban J connectivity index is 1.73. The van der Waals surface area contributed by atoms with Crippen LogP contribution in [0.1, 0.15) is 55.6 Å². The molecule has 2 aromatic carbocycles. The fraction of sp³-hybridized carbons (Fsp3) is 0.357. The third-order valence-corrected chi connectivity index (χ3v) is 7.65. The third kappa shape index (κ3) is 3.88. The lowest BCUT2D eigenvalue weighted by Crippen LogP contribution is -2.38. The van der Waals surface area contributed by atoms with Gasteiger partial charge in [0, 0.05) is 47.8 Å². The molecule has 5 nitrogen and oxygen atoms in total. The summed E-state index contributed by atoms with van der Waals surface area (Å²) in [7, 11) is 3.20. The molecule has 3 aliphatic rings. The van der Waals surface area contributed by atoms with Gasteiger partial charge in [-0.3, -0.25) is 9.59 Å². The van der Waals surface area contributed by atoms with Gasteiger partial charge in [-0.05, 0) is 64.9 Å². The summed E-state index contributed by atoms with van der Waals surface area (Å²) in [6, 6.07) is 14.2. The molecule has 1 aliphatic heterocycles. The number of hydrogen-bond donors (Lipinski definition) is 0. The van der Waals surface area contributed by atoms with Crippen LogP contribution in [0, 0.1) is 0 Å². The average Bonchev–Trinajstić information content (AvgIpc) is 2.85. The molecule has 0 fully saturated rings. The molecule has 0 spiro atoms. The first-order valence-corrected chi connectivity index (χ1v) is 12.6. The second-order valence-corrected chi connectivity index (χ2v) is 9.87. The van der Waals surface area contributed by atoms with Crippen molar-refractivity contribution in [1.29, 1.82) is 0 Å². The Morgan fingerprint density at radius 2 is 1.50 bits per heavy atom. The number of methoxy groups -OCH3 is 2. The minimum Gasteiger partial charge on any atom is -0.493 e. The molecule has 0 radical (unpaired) electrons. The van der Waals surface area contributed by atoms with Crippen molar-refractivity contribution >= 4 is 27.5 Å². The van der Waals surface area contributed by atoms with Crippen LogP contribution in [0.5, 0.6) is 11.5 Å². The maximum atomic E-state index is 13.5. The van der Waals surface area contributed by atoms with Crippen LogP contribution < -0.4 is 9.47 Å². The number of allylic oxidation sites excluding steroid dienone is 4. The first-order valence-electron chi connectivity index (χ1n) is 11.8. The van der Waals surface area contributed by atoms with Crippen LogP contribution in [0.25, 0.3) is 0 Å². The average molecular weight is 522 g/mol.